The zero-order valence-corrected chi connectivity index (χ0v) is 9.31. The first kappa shape index (κ1) is 11.0. The average molecular weight is 220 g/mol. The number of nitrogens with one attached hydrogen (secondary N) is 1. The predicted octanol–water partition coefficient (Wildman–Crippen LogP) is 0.826. The van der Waals surface area contributed by atoms with Crippen LogP contribution in [0, 0.1) is 0 Å². The van der Waals surface area contributed by atoms with Gasteiger partial charge in [0.25, 0.3) is 5.91 Å². The van der Waals surface area contributed by atoms with Gasteiger partial charge in [0.05, 0.1) is 0 Å². The van der Waals surface area contributed by atoms with E-state index < -0.39 is 0 Å². The quantitative estimate of drug-likeness (QED) is 0.737. The molecule has 0 bridgehead atoms. The van der Waals surface area contributed by atoms with E-state index >= 15 is 0 Å². The molecule has 0 saturated carbocycles. The van der Waals surface area contributed by atoms with E-state index in [1.165, 1.54) is 6.07 Å². The highest BCUT2D eigenvalue weighted by Gasteiger charge is 2.21. The normalized spacial score (nSPS) is 20.8. The van der Waals surface area contributed by atoms with Gasteiger partial charge in [-0.1, -0.05) is 6.07 Å². The number of phenols is 1. The summed E-state index contributed by atoms with van der Waals surface area (Å²) in [5.41, 5.74) is 0.550. The number of hydrogen-bond acceptors (Lipinski definition) is 3. The first-order valence-corrected chi connectivity index (χ1v) is 5.48. The summed E-state index contributed by atoms with van der Waals surface area (Å²) in [5, 5.41) is 12.6. The summed E-state index contributed by atoms with van der Waals surface area (Å²) in [6, 6.07) is 6.82. The second-order valence-electron chi connectivity index (χ2n) is 4.16. The number of hydrogen-bond donors (Lipinski definition) is 2. The Morgan fingerprint density at radius 1 is 1.56 bits per heavy atom. The van der Waals surface area contributed by atoms with E-state index in [0.29, 0.717) is 18.2 Å². The first-order valence-electron chi connectivity index (χ1n) is 5.48. The number of nitrogens with zero attached hydrogens (tertiary/aromatic N) is 1. The molecule has 0 spiro atoms. The molecular weight excluding hydrogens is 204 g/mol. The monoisotopic (exact) mass is 220 g/mol. The Balaban J connectivity index is 2.12. The van der Waals surface area contributed by atoms with E-state index in [1.807, 2.05) is 4.90 Å². The van der Waals surface area contributed by atoms with E-state index in [4.69, 9.17) is 0 Å². The molecule has 1 aliphatic rings. The van der Waals surface area contributed by atoms with E-state index in [0.717, 1.165) is 13.1 Å². The van der Waals surface area contributed by atoms with Crippen molar-refractivity contribution >= 4 is 5.91 Å². The molecule has 0 aromatic heterocycles. The van der Waals surface area contributed by atoms with Gasteiger partial charge in [0.1, 0.15) is 5.75 Å². The molecule has 1 saturated heterocycles. The van der Waals surface area contributed by atoms with Crippen LogP contribution in [0.4, 0.5) is 0 Å². The molecule has 16 heavy (non-hydrogen) atoms. The smallest absolute Gasteiger partial charge is 0.254 e. The van der Waals surface area contributed by atoms with Crippen LogP contribution in [0.25, 0.3) is 0 Å². The lowest BCUT2D eigenvalue weighted by molar-refractivity contribution is 0.0708. The number of benzene rings is 1. The average Bonchev–Trinajstić information content (AvgIpc) is 2.28. The van der Waals surface area contributed by atoms with Gasteiger partial charge in [-0.05, 0) is 25.1 Å². The third kappa shape index (κ3) is 2.33. The van der Waals surface area contributed by atoms with Crippen LogP contribution < -0.4 is 5.32 Å². The van der Waals surface area contributed by atoms with Crippen molar-refractivity contribution in [2.45, 2.75) is 13.0 Å². The molecule has 2 N–H and O–H groups in total. The van der Waals surface area contributed by atoms with Crippen LogP contribution in [-0.2, 0) is 0 Å². The summed E-state index contributed by atoms with van der Waals surface area (Å²) >= 11 is 0. The van der Waals surface area contributed by atoms with Crippen molar-refractivity contribution in [3.05, 3.63) is 29.8 Å². The topological polar surface area (TPSA) is 52.6 Å². The maximum Gasteiger partial charge on any atom is 0.254 e. The zero-order chi connectivity index (χ0) is 11.5. The summed E-state index contributed by atoms with van der Waals surface area (Å²) in [6.45, 7) is 4.32. The van der Waals surface area contributed by atoms with Crippen molar-refractivity contribution in [3.63, 3.8) is 0 Å². The van der Waals surface area contributed by atoms with Crippen molar-refractivity contribution in [2.24, 2.45) is 0 Å². The van der Waals surface area contributed by atoms with Crippen molar-refractivity contribution in [2.75, 3.05) is 19.6 Å². The zero-order valence-electron chi connectivity index (χ0n) is 9.31. The molecule has 1 atom stereocenters. The maximum atomic E-state index is 12.1. The SMILES string of the molecule is C[C@@H]1CN(C(=O)c2cccc(O)c2)CCN1. The fourth-order valence-corrected chi connectivity index (χ4v) is 1.94. The summed E-state index contributed by atoms with van der Waals surface area (Å²) < 4.78 is 0. The number of carbonyl (C=O) groups is 1. The lowest BCUT2D eigenvalue weighted by atomic mass is 10.1. The van der Waals surface area contributed by atoms with Gasteiger partial charge >= 0.3 is 0 Å². The van der Waals surface area contributed by atoms with Crippen molar-refractivity contribution < 1.29 is 9.90 Å². The largest absolute Gasteiger partial charge is 0.508 e. The molecule has 1 amide bonds. The molecule has 1 aliphatic heterocycles. The van der Waals surface area contributed by atoms with Crippen LogP contribution in [0.2, 0.25) is 0 Å². The molecular formula is C12H16N2O2. The number of aromatic hydroxyl groups is 1. The van der Waals surface area contributed by atoms with Gasteiger partial charge in [-0.15, -0.1) is 0 Å². The molecule has 1 aromatic carbocycles. The van der Waals surface area contributed by atoms with Crippen molar-refractivity contribution in [1.82, 2.24) is 10.2 Å². The number of carbonyl (C=O) groups excluding carboxylic acids is 1. The van der Waals surface area contributed by atoms with Gasteiger partial charge in [0.15, 0.2) is 0 Å². The Bertz CT molecular complexity index is 392. The lowest BCUT2D eigenvalue weighted by Crippen LogP contribution is -2.51. The predicted molar refractivity (Wildman–Crippen MR) is 61.5 cm³/mol. The molecule has 0 aliphatic carbocycles. The van der Waals surface area contributed by atoms with E-state index in [1.54, 1.807) is 18.2 Å². The van der Waals surface area contributed by atoms with Crippen LogP contribution in [0.15, 0.2) is 24.3 Å². The van der Waals surface area contributed by atoms with E-state index in [9.17, 15) is 9.90 Å². The molecule has 86 valence electrons. The Morgan fingerprint density at radius 2 is 2.38 bits per heavy atom. The van der Waals surface area contributed by atoms with Gasteiger partial charge in [0.2, 0.25) is 0 Å². The molecule has 0 unspecified atom stereocenters. The first-order chi connectivity index (χ1) is 7.66. The lowest BCUT2D eigenvalue weighted by Gasteiger charge is -2.31. The number of amides is 1. The van der Waals surface area contributed by atoms with Crippen LogP contribution in [0.3, 0.4) is 0 Å². The highest BCUT2D eigenvalue weighted by atomic mass is 16.3. The van der Waals surface area contributed by atoms with Crippen molar-refractivity contribution in [3.8, 4) is 5.75 Å². The molecule has 4 heteroatoms. The van der Waals surface area contributed by atoms with Crippen LogP contribution in [-0.4, -0.2) is 41.6 Å². The molecule has 4 nitrogen and oxygen atoms in total. The maximum absolute atomic E-state index is 12.1. The molecule has 1 heterocycles. The standard InChI is InChI=1S/C12H16N2O2/c1-9-8-14(6-5-13-9)12(16)10-3-2-4-11(15)7-10/h2-4,7,9,13,15H,5-6,8H2,1H3/t9-/m1/s1. The van der Waals surface area contributed by atoms with E-state index in [-0.39, 0.29) is 11.7 Å². The van der Waals surface area contributed by atoms with Crippen LogP contribution >= 0.6 is 0 Å². The van der Waals surface area contributed by atoms with Gasteiger partial charge in [-0.25, -0.2) is 0 Å². The minimum Gasteiger partial charge on any atom is -0.508 e. The summed E-state index contributed by atoms with van der Waals surface area (Å²) in [4.78, 5) is 13.9. The fourth-order valence-electron chi connectivity index (χ4n) is 1.94. The van der Waals surface area contributed by atoms with Crippen LogP contribution in [0.1, 0.15) is 17.3 Å². The van der Waals surface area contributed by atoms with Crippen LogP contribution in [0.5, 0.6) is 5.75 Å². The third-order valence-corrected chi connectivity index (χ3v) is 2.75. The second kappa shape index (κ2) is 4.53. The number of rotatable bonds is 1. The highest BCUT2D eigenvalue weighted by Crippen LogP contribution is 2.14. The molecule has 1 aromatic rings. The highest BCUT2D eigenvalue weighted by molar-refractivity contribution is 5.94. The summed E-state index contributed by atoms with van der Waals surface area (Å²) in [6.07, 6.45) is 0. The summed E-state index contributed by atoms with van der Waals surface area (Å²) in [7, 11) is 0. The van der Waals surface area contributed by atoms with E-state index in [2.05, 4.69) is 12.2 Å². The van der Waals surface area contributed by atoms with Gasteiger partial charge in [0, 0.05) is 31.2 Å². The Hall–Kier alpha value is -1.55. The molecule has 0 radical (unpaired) electrons. The Morgan fingerprint density at radius 3 is 3.06 bits per heavy atom. The van der Waals surface area contributed by atoms with Gasteiger partial charge in [-0.3, -0.25) is 4.79 Å². The second-order valence-corrected chi connectivity index (χ2v) is 4.16. The Labute approximate surface area is 94.9 Å². The molecule has 1 fully saturated rings. The summed E-state index contributed by atoms with van der Waals surface area (Å²) in [5.74, 6) is 0.123. The fraction of sp³-hybridized carbons (Fsp3) is 0.417. The van der Waals surface area contributed by atoms with Gasteiger partial charge < -0.3 is 15.3 Å². The number of phenolic OH excluding ortho intramolecular Hbond substituents is 1. The minimum absolute atomic E-state index is 0.00995. The third-order valence-electron chi connectivity index (χ3n) is 2.75. The van der Waals surface area contributed by atoms with Gasteiger partial charge in [-0.2, -0.15) is 0 Å². The number of piperazine rings is 1. The van der Waals surface area contributed by atoms with Crippen molar-refractivity contribution in [1.29, 1.82) is 0 Å². The minimum atomic E-state index is -0.00995. The molecule has 2 rings (SSSR count). The Kier molecular flexibility index (Phi) is 3.10.